The summed E-state index contributed by atoms with van der Waals surface area (Å²) in [5.41, 5.74) is 1.83. The van der Waals surface area contributed by atoms with Crippen LogP contribution in [0.1, 0.15) is 24.6 Å². The predicted molar refractivity (Wildman–Crippen MR) is 84.1 cm³/mol. The molecule has 2 aromatic rings. The number of nitrogens with one attached hydrogen (secondary N) is 1. The standard InChI is InChI=1S/C15H19BrFN3O/c1-4-7-18-9-12-10(2)19-20(3)15(12)21-14-8-11(16)5-6-13(14)17/h5-6,8,18H,4,7,9H2,1-3H3. The van der Waals surface area contributed by atoms with Crippen LogP contribution in [-0.2, 0) is 13.6 Å². The summed E-state index contributed by atoms with van der Waals surface area (Å²) in [6.07, 6.45) is 1.05. The zero-order chi connectivity index (χ0) is 15.4. The Morgan fingerprint density at radius 1 is 1.43 bits per heavy atom. The van der Waals surface area contributed by atoms with Gasteiger partial charge in [0.15, 0.2) is 11.6 Å². The van der Waals surface area contributed by atoms with Crippen LogP contribution < -0.4 is 10.1 Å². The molecule has 2 rings (SSSR count). The molecule has 4 nitrogen and oxygen atoms in total. The number of rotatable bonds is 6. The van der Waals surface area contributed by atoms with E-state index in [4.69, 9.17) is 4.74 Å². The number of nitrogens with zero attached hydrogens (tertiary/aromatic N) is 2. The second-order valence-electron chi connectivity index (χ2n) is 4.85. The summed E-state index contributed by atoms with van der Waals surface area (Å²) in [4.78, 5) is 0. The summed E-state index contributed by atoms with van der Waals surface area (Å²) in [6, 6.07) is 4.62. The summed E-state index contributed by atoms with van der Waals surface area (Å²) >= 11 is 3.32. The Balaban J connectivity index is 2.28. The van der Waals surface area contributed by atoms with E-state index in [9.17, 15) is 4.39 Å². The average Bonchev–Trinajstić information content (AvgIpc) is 2.70. The number of hydrogen-bond acceptors (Lipinski definition) is 3. The highest BCUT2D eigenvalue weighted by Crippen LogP contribution is 2.30. The van der Waals surface area contributed by atoms with E-state index in [2.05, 4.69) is 33.3 Å². The average molecular weight is 356 g/mol. The van der Waals surface area contributed by atoms with Crippen LogP contribution in [0.5, 0.6) is 11.6 Å². The van der Waals surface area contributed by atoms with E-state index >= 15 is 0 Å². The number of aryl methyl sites for hydroxylation is 2. The molecule has 0 aliphatic rings. The van der Waals surface area contributed by atoms with E-state index in [0.717, 1.165) is 28.7 Å². The van der Waals surface area contributed by atoms with E-state index < -0.39 is 5.82 Å². The van der Waals surface area contributed by atoms with Gasteiger partial charge < -0.3 is 10.1 Å². The maximum Gasteiger partial charge on any atom is 0.222 e. The second-order valence-corrected chi connectivity index (χ2v) is 5.76. The number of hydrogen-bond donors (Lipinski definition) is 1. The SMILES string of the molecule is CCCNCc1c(C)nn(C)c1Oc1cc(Br)ccc1F. The normalized spacial score (nSPS) is 10.9. The summed E-state index contributed by atoms with van der Waals surface area (Å²) in [7, 11) is 1.79. The molecule has 0 atom stereocenters. The van der Waals surface area contributed by atoms with Gasteiger partial charge in [0, 0.05) is 18.1 Å². The second kappa shape index (κ2) is 7.04. The molecule has 0 saturated carbocycles. The van der Waals surface area contributed by atoms with Gasteiger partial charge in [0.25, 0.3) is 0 Å². The van der Waals surface area contributed by atoms with Crippen LogP contribution in [0.15, 0.2) is 22.7 Å². The van der Waals surface area contributed by atoms with Crippen LogP contribution in [-0.4, -0.2) is 16.3 Å². The molecule has 6 heteroatoms. The van der Waals surface area contributed by atoms with Gasteiger partial charge in [0.05, 0.1) is 11.3 Å². The minimum atomic E-state index is -0.399. The number of halogens is 2. The quantitative estimate of drug-likeness (QED) is 0.798. The van der Waals surface area contributed by atoms with Crippen LogP contribution in [0.2, 0.25) is 0 Å². The summed E-state index contributed by atoms with van der Waals surface area (Å²) < 4.78 is 22.0. The molecule has 0 spiro atoms. The number of ether oxygens (including phenoxy) is 1. The zero-order valence-electron chi connectivity index (χ0n) is 12.4. The van der Waals surface area contributed by atoms with Crippen LogP contribution in [0, 0.1) is 12.7 Å². The molecule has 0 radical (unpaired) electrons. The molecule has 0 fully saturated rings. The Bertz CT molecular complexity index is 628. The van der Waals surface area contributed by atoms with Gasteiger partial charge in [-0.3, -0.25) is 0 Å². The molecule has 0 saturated heterocycles. The molecule has 0 amide bonds. The van der Waals surface area contributed by atoms with Crippen molar-refractivity contribution in [2.24, 2.45) is 7.05 Å². The first-order chi connectivity index (χ1) is 10.0. The predicted octanol–water partition coefficient (Wildman–Crippen LogP) is 3.92. The Labute approximate surface area is 132 Å². The fourth-order valence-electron chi connectivity index (χ4n) is 2.06. The smallest absolute Gasteiger partial charge is 0.222 e. The molecule has 0 aliphatic heterocycles. The summed E-state index contributed by atoms with van der Waals surface area (Å²) in [6.45, 7) is 5.60. The van der Waals surface area contributed by atoms with Gasteiger partial charge in [0.2, 0.25) is 5.88 Å². The van der Waals surface area contributed by atoms with Crippen molar-refractivity contribution >= 4 is 15.9 Å². The number of aromatic nitrogens is 2. The van der Waals surface area contributed by atoms with Gasteiger partial charge in [-0.25, -0.2) is 9.07 Å². The third-order valence-corrected chi connectivity index (χ3v) is 3.61. The van der Waals surface area contributed by atoms with E-state index in [-0.39, 0.29) is 5.75 Å². The molecule has 0 bridgehead atoms. The van der Waals surface area contributed by atoms with E-state index in [1.165, 1.54) is 6.07 Å². The van der Waals surface area contributed by atoms with Crippen LogP contribution in [0.3, 0.4) is 0 Å². The lowest BCUT2D eigenvalue weighted by Gasteiger charge is -2.10. The fourth-order valence-corrected chi connectivity index (χ4v) is 2.40. The minimum Gasteiger partial charge on any atom is -0.436 e. The monoisotopic (exact) mass is 355 g/mol. The van der Waals surface area contributed by atoms with Crippen molar-refractivity contribution in [2.75, 3.05) is 6.54 Å². The highest BCUT2D eigenvalue weighted by molar-refractivity contribution is 9.10. The molecule has 21 heavy (non-hydrogen) atoms. The third kappa shape index (κ3) is 3.83. The highest BCUT2D eigenvalue weighted by Gasteiger charge is 2.17. The Morgan fingerprint density at radius 3 is 2.90 bits per heavy atom. The molecule has 114 valence electrons. The minimum absolute atomic E-state index is 0.184. The van der Waals surface area contributed by atoms with Gasteiger partial charge in [-0.15, -0.1) is 0 Å². The van der Waals surface area contributed by atoms with Crippen molar-refractivity contribution in [3.05, 3.63) is 39.7 Å². The molecule has 1 N–H and O–H groups in total. The lowest BCUT2D eigenvalue weighted by atomic mass is 10.2. The maximum absolute atomic E-state index is 13.8. The van der Waals surface area contributed by atoms with E-state index in [1.54, 1.807) is 23.9 Å². The Kier molecular flexibility index (Phi) is 5.36. The van der Waals surface area contributed by atoms with Crippen LogP contribution >= 0.6 is 15.9 Å². The molecule has 1 heterocycles. The van der Waals surface area contributed by atoms with Gasteiger partial charge in [-0.1, -0.05) is 22.9 Å². The molecule has 1 aromatic carbocycles. The molecule has 0 aliphatic carbocycles. The largest absolute Gasteiger partial charge is 0.436 e. The van der Waals surface area contributed by atoms with Crippen molar-refractivity contribution in [1.29, 1.82) is 0 Å². The highest BCUT2D eigenvalue weighted by atomic mass is 79.9. The van der Waals surface area contributed by atoms with Crippen molar-refractivity contribution in [2.45, 2.75) is 26.8 Å². The first-order valence-electron chi connectivity index (χ1n) is 6.89. The van der Waals surface area contributed by atoms with Crippen molar-refractivity contribution in [3.8, 4) is 11.6 Å². The van der Waals surface area contributed by atoms with Crippen molar-refractivity contribution < 1.29 is 9.13 Å². The molecular weight excluding hydrogens is 337 g/mol. The lowest BCUT2D eigenvalue weighted by Crippen LogP contribution is -2.14. The third-order valence-electron chi connectivity index (χ3n) is 3.12. The van der Waals surface area contributed by atoms with Crippen LogP contribution in [0.25, 0.3) is 0 Å². The first kappa shape index (κ1) is 16.0. The van der Waals surface area contributed by atoms with E-state index in [0.29, 0.717) is 12.4 Å². The van der Waals surface area contributed by atoms with Crippen LogP contribution in [0.4, 0.5) is 4.39 Å². The zero-order valence-corrected chi connectivity index (χ0v) is 14.0. The van der Waals surface area contributed by atoms with Gasteiger partial charge >= 0.3 is 0 Å². The molecule has 0 unspecified atom stereocenters. The fraction of sp³-hybridized carbons (Fsp3) is 0.400. The molecular formula is C15H19BrFN3O. The summed E-state index contributed by atoms with van der Waals surface area (Å²) in [5.74, 6) is 0.349. The topological polar surface area (TPSA) is 39.1 Å². The maximum atomic E-state index is 13.8. The first-order valence-corrected chi connectivity index (χ1v) is 7.68. The summed E-state index contributed by atoms with van der Waals surface area (Å²) in [5, 5.41) is 7.68. The van der Waals surface area contributed by atoms with Crippen molar-refractivity contribution in [1.82, 2.24) is 15.1 Å². The molecule has 1 aromatic heterocycles. The van der Waals surface area contributed by atoms with Gasteiger partial charge in [0.1, 0.15) is 0 Å². The van der Waals surface area contributed by atoms with E-state index in [1.807, 2.05) is 6.92 Å². The Morgan fingerprint density at radius 2 is 2.19 bits per heavy atom. The number of benzene rings is 1. The van der Waals surface area contributed by atoms with Crippen molar-refractivity contribution in [3.63, 3.8) is 0 Å². The van der Waals surface area contributed by atoms with Gasteiger partial charge in [-0.2, -0.15) is 5.10 Å². The lowest BCUT2D eigenvalue weighted by molar-refractivity contribution is 0.398. The van der Waals surface area contributed by atoms with Gasteiger partial charge in [-0.05, 0) is 38.1 Å². The Hall–Kier alpha value is -1.40.